The van der Waals surface area contributed by atoms with Gasteiger partial charge in [-0.25, -0.2) is 4.39 Å². The number of methoxy groups -OCH3 is 1. The molecule has 1 saturated heterocycles. The van der Waals surface area contributed by atoms with E-state index in [0.717, 1.165) is 22.4 Å². The summed E-state index contributed by atoms with van der Waals surface area (Å²) in [4.78, 5) is 30.2. The summed E-state index contributed by atoms with van der Waals surface area (Å²) in [6.07, 6.45) is 0.851. The maximum absolute atomic E-state index is 14.4. The molecule has 4 rings (SSSR count). The van der Waals surface area contributed by atoms with E-state index >= 15 is 0 Å². The van der Waals surface area contributed by atoms with E-state index in [2.05, 4.69) is 12.2 Å². The molecule has 2 amide bonds. The lowest BCUT2D eigenvalue weighted by molar-refractivity contribution is -0.117. The Hall–Kier alpha value is -2.81. The minimum Gasteiger partial charge on any atom is -0.380 e. The van der Waals surface area contributed by atoms with Gasteiger partial charge in [-0.15, -0.1) is 11.3 Å². The summed E-state index contributed by atoms with van der Waals surface area (Å²) in [5.41, 5.74) is 2.56. The van der Waals surface area contributed by atoms with E-state index in [9.17, 15) is 14.0 Å². The molecule has 2 aromatic carbocycles. The van der Waals surface area contributed by atoms with Gasteiger partial charge in [0.15, 0.2) is 0 Å². The zero-order valence-electron chi connectivity index (χ0n) is 18.9. The Kier molecular flexibility index (Phi) is 7.37. The van der Waals surface area contributed by atoms with Crippen LogP contribution < -0.4 is 5.32 Å². The second-order valence-corrected chi connectivity index (χ2v) is 9.14. The number of anilines is 1. The van der Waals surface area contributed by atoms with Crippen molar-refractivity contribution >= 4 is 38.9 Å². The molecule has 1 fully saturated rings. The van der Waals surface area contributed by atoms with Gasteiger partial charge in [0.05, 0.1) is 18.0 Å². The number of aryl methyl sites for hydroxylation is 1. The van der Waals surface area contributed by atoms with Crippen LogP contribution in [0.2, 0.25) is 0 Å². The summed E-state index contributed by atoms with van der Waals surface area (Å²) in [7, 11) is 1.54. The molecule has 1 N–H and O–H groups in total. The SMILES string of the molecule is CCc1ccccc1NC(=O)CN1CCN(C(=O)c2sc3cccc(F)c3c2COC)CC1. The van der Waals surface area contributed by atoms with Gasteiger partial charge in [-0.2, -0.15) is 0 Å². The molecule has 1 aliphatic rings. The van der Waals surface area contributed by atoms with Crippen molar-refractivity contribution in [3.05, 3.63) is 64.3 Å². The van der Waals surface area contributed by atoms with Crippen molar-refractivity contribution in [2.45, 2.75) is 20.0 Å². The molecule has 33 heavy (non-hydrogen) atoms. The van der Waals surface area contributed by atoms with E-state index in [1.54, 1.807) is 18.1 Å². The second-order valence-electron chi connectivity index (χ2n) is 8.08. The number of carbonyl (C=O) groups is 2. The van der Waals surface area contributed by atoms with Gasteiger partial charge in [0, 0.05) is 54.6 Å². The lowest BCUT2D eigenvalue weighted by atomic mass is 10.1. The van der Waals surface area contributed by atoms with Gasteiger partial charge < -0.3 is 15.0 Å². The van der Waals surface area contributed by atoms with E-state index in [-0.39, 0.29) is 30.8 Å². The lowest BCUT2D eigenvalue weighted by Crippen LogP contribution is -2.50. The number of carbonyl (C=O) groups excluding carboxylic acids is 2. The predicted molar refractivity (Wildman–Crippen MR) is 129 cm³/mol. The molecule has 0 unspecified atom stereocenters. The number of benzene rings is 2. The molecular formula is C25H28FN3O3S. The number of hydrogen-bond acceptors (Lipinski definition) is 5. The quantitative estimate of drug-likeness (QED) is 0.565. The summed E-state index contributed by atoms with van der Waals surface area (Å²) >= 11 is 1.31. The predicted octanol–water partition coefficient (Wildman–Crippen LogP) is 4.15. The van der Waals surface area contributed by atoms with Gasteiger partial charge >= 0.3 is 0 Å². The first-order valence-electron chi connectivity index (χ1n) is 11.1. The molecule has 3 aromatic rings. The Bertz CT molecular complexity index is 1160. The highest BCUT2D eigenvalue weighted by molar-refractivity contribution is 7.21. The highest BCUT2D eigenvalue weighted by atomic mass is 32.1. The van der Waals surface area contributed by atoms with Gasteiger partial charge in [-0.1, -0.05) is 31.2 Å². The fraction of sp³-hybridized carbons (Fsp3) is 0.360. The highest BCUT2D eigenvalue weighted by Crippen LogP contribution is 2.34. The fourth-order valence-electron chi connectivity index (χ4n) is 4.22. The Morgan fingerprint density at radius 1 is 1.09 bits per heavy atom. The van der Waals surface area contributed by atoms with Crippen molar-refractivity contribution in [1.82, 2.24) is 9.80 Å². The van der Waals surface area contributed by atoms with E-state index in [1.807, 2.05) is 35.2 Å². The lowest BCUT2D eigenvalue weighted by Gasteiger charge is -2.34. The third-order valence-electron chi connectivity index (χ3n) is 5.95. The summed E-state index contributed by atoms with van der Waals surface area (Å²) in [5.74, 6) is -0.503. The third kappa shape index (κ3) is 5.08. The number of halogens is 1. The summed E-state index contributed by atoms with van der Waals surface area (Å²) < 4.78 is 20.5. The zero-order valence-corrected chi connectivity index (χ0v) is 19.7. The maximum atomic E-state index is 14.4. The number of fused-ring (bicyclic) bond motifs is 1. The Morgan fingerprint density at radius 3 is 2.58 bits per heavy atom. The van der Waals surface area contributed by atoms with Crippen LogP contribution in [0, 0.1) is 5.82 Å². The molecule has 8 heteroatoms. The van der Waals surface area contributed by atoms with E-state index in [0.29, 0.717) is 42.0 Å². The third-order valence-corrected chi connectivity index (χ3v) is 7.13. The summed E-state index contributed by atoms with van der Waals surface area (Å²) in [5, 5.41) is 3.47. The van der Waals surface area contributed by atoms with Crippen molar-refractivity contribution in [3.63, 3.8) is 0 Å². The van der Waals surface area contributed by atoms with Crippen LogP contribution in [-0.2, 0) is 22.6 Å². The maximum Gasteiger partial charge on any atom is 0.264 e. The van der Waals surface area contributed by atoms with Crippen LogP contribution in [0.15, 0.2) is 42.5 Å². The number of nitrogens with zero attached hydrogens (tertiary/aromatic N) is 2. The van der Waals surface area contributed by atoms with E-state index < -0.39 is 0 Å². The Morgan fingerprint density at radius 2 is 1.85 bits per heavy atom. The number of hydrogen-bond donors (Lipinski definition) is 1. The molecule has 6 nitrogen and oxygen atoms in total. The molecular weight excluding hydrogens is 441 g/mol. The molecule has 2 heterocycles. The van der Waals surface area contributed by atoms with Gasteiger partial charge in [-0.3, -0.25) is 14.5 Å². The van der Waals surface area contributed by atoms with Crippen LogP contribution in [0.5, 0.6) is 0 Å². The van der Waals surface area contributed by atoms with Crippen molar-refractivity contribution in [3.8, 4) is 0 Å². The zero-order chi connectivity index (χ0) is 23.4. The normalized spacial score (nSPS) is 14.6. The average Bonchev–Trinajstić information content (AvgIpc) is 3.19. The topological polar surface area (TPSA) is 61.9 Å². The number of thiophene rings is 1. The average molecular weight is 470 g/mol. The first-order chi connectivity index (χ1) is 16.0. The number of amides is 2. The van der Waals surface area contributed by atoms with Crippen LogP contribution in [0.1, 0.15) is 27.7 Å². The molecule has 1 aromatic heterocycles. The minimum absolute atomic E-state index is 0.0574. The first-order valence-corrected chi connectivity index (χ1v) is 11.9. The number of rotatable bonds is 7. The van der Waals surface area contributed by atoms with Crippen molar-refractivity contribution in [2.75, 3.05) is 45.2 Å². The molecule has 0 aliphatic carbocycles. The Balaban J connectivity index is 1.39. The number of piperazine rings is 1. The van der Waals surface area contributed by atoms with Crippen LogP contribution in [0.4, 0.5) is 10.1 Å². The highest BCUT2D eigenvalue weighted by Gasteiger charge is 2.28. The monoisotopic (exact) mass is 469 g/mol. The van der Waals surface area contributed by atoms with E-state index in [1.165, 1.54) is 17.4 Å². The molecule has 0 bridgehead atoms. The van der Waals surface area contributed by atoms with Gasteiger partial charge in [-0.05, 0) is 30.2 Å². The fourth-order valence-corrected chi connectivity index (χ4v) is 5.41. The molecule has 0 spiro atoms. The molecule has 0 radical (unpaired) electrons. The van der Waals surface area contributed by atoms with Gasteiger partial charge in [0.1, 0.15) is 5.82 Å². The molecule has 0 saturated carbocycles. The van der Waals surface area contributed by atoms with Crippen molar-refractivity contribution in [2.24, 2.45) is 0 Å². The number of nitrogens with one attached hydrogen (secondary N) is 1. The van der Waals surface area contributed by atoms with Gasteiger partial charge in [0.2, 0.25) is 5.91 Å². The first kappa shape index (κ1) is 23.4. The Labute approximate surface area is 196 Å². The molecule has 174 valence electrons. The molecule has 0 atom stereocenters. The minimum atomic E-state index is -0.338. The van der Waals surface area contributed by atoms with E-state index in [4.69, 9.17) is 4.74 Å². The summed E-state index contributed by atoms with van der Waals surface area (Å²) in [6, 6.07) is 12.7. The van der Waals surface area contributed by atoms with Crippen molar-refractivity contribution < 1.29 is 18.7 Å². The largest absolute Gasteiger partial charge is 0.380 e. The van der Waals surface area contributed by atoms with Gasteiger partial charge in [0.25, 0.3) is 5.91 Å². The number of para-hydroxylation sites is 1. The van der Waals surface area contributed by atoms with Crippen LogP contribution in [-0.4, -0.2) is 61.4 Å². The summed E-state index contributed by atoms with van der Waals surface area (Å²) in [6.45, 7) is 4.76. The van der Waals surface area contributed by atoms with Crippen LogP contribution in [0.3, 0.4) is 0 Å². The number of ether oxygens (including phenoxy) is 1. The van der Waals surface area contributed by atoms with Crippen LogP contribution >= 0.6 is 11.3 Å². The second kappa shape index (κ2) is 10.4. The van der Waals surface area contributed by atoms with Crippen LogP contribution in [0.25, 0.3) is 10.1 Å². The standard InChI is InChI=1S/C25H28FN3O3S/c1-3-17-7-4-5-9-20(17)27-22(30)15-28-11-13-29(14-12-28)25(31)24-18(16-32-2)23-19(26)8-6-10-21(23)33-24/h4-10H,3,11-16H2,1-2H3,(H,27,30). The molecule has 1 aliphatic heterocycles. The smallest absolute Gasteiger partial charge is 0.264 e. The van der Waals surface area contributed by atoms with Crippen molar-refractivity contribution in [1.29, 1.82) is 0 Å².